The summed E-state index contributed by atoms with van der Waals surface area (Å²) in [5.41, 5.74) is 9.87. The van der Waals surface area contributed by atoms with Crippen LogP contribution in [0, 0.1) is 20.8 Å². The molecular formula is C22H19ClN4O2. The van der Waals surface area contributed by atoms with Crippen molar-refractivity contribution < 1.29 is 9.47 Å². The van der Waals surface area contributed by atoms with Gasteiger partial charge >= 0.3 is 0 Å². The van der Waals surface area contributed by atoms with E-state index in [-0.39, 0.29) is 17.4 Å². The molecule has 6 nitrogen and oxygen atoms in total. The van der Waals surface area contributed by atoms with Gasteiger partial charge in [0, 0.05) is 16.1 Å². The zero-order chi connectivity index (χ0) is 20.5. The minimum Gasteiger partial charge on any atom is -0.437 e. The van der Waals surface area contributed by atoms with Gasteiger partial charge in [-0.1, -0.05) is 29.8 Å². The van der Waals surface area contributed by atoms with Crippen LogP contribution in [0.2, 0.25) is 5.02 Å². The average Bonchev–Trinajstić information content (AvgIpc) is 2.69. The molecule has 0 fully saturated rings. The number of anilines is 1. The van der Waals surface area contributed by atoms with Gasteiger partial charge < -0.3 is 15.2 Å². The Morgan fingerprint density at radius 3 is 2.31 bits per heavy atom. The van der Waals surface area contributed by atoms with E-state index in [2.05, 4.69) is 15.0 Å². The molecule has 2 aromatic heterocycles. The number of hydrogen-bond acceptors (Lipinski definition) is 6. The molecule has 2 heterocycles. The Morgan fingerprint density at radius 2 is 1.59 bits per heavy atom. The van der Waals surface area contributed by atoms with Gasteiger partial charge in [0.2, 0.25) is 11.8 Å². The van der Waals surface area contributed by atoms with Gasteiger partial charge in [-0.25, -0.2) is 4.98 Å². The monoisotopic (exact) mass is 406 g/mol. The zero-order valence-electron chi connectivity index (χ0n) is 16.2. The van der Waals surface area contributed by atoms with Crippen LogP contribution in [0.25, 0.3) is 10.9 Å². The van der Waals surface area contributed by atoms with Crippen LogP contribution in [-0.2, 0) is 0 Å². The molecule has 2 N–H and O–H groups in total. The number of nitrogens with zero attached hydrogens (tertiary/aromatic N) is 3. The third-order valence-corrected chi connectivity index (χ3v) is 5.06. The molecule has 0 unspecified atom stereocenters. The second-order valence-electron chi connectivity index (χ2n) is 6.75. The van der Waals surface area contributed by atoms with Gasteiger partial charge in [0.1, 0.15) is 17.6 Å². The van der Waals surface area contributed by atoms with Gasteiger partial charge in [-0.15, -0.1) is 0 Å². The van der Waals surface area contributed by atoms with Gasteiger partial charge in [-0.05, 0) is 56.2 Å². The van der Waals surface area contributed by atoms with E-state index < -0.39 is 0 Å². The summed E-state index contributed by atoms with van der Waals surface area (Å²) in [5.74, 6) is 1.55. The molecule has 0 saturated heterocycles. The molecule has 0 saturated carbocycles. The smallest absolute Gasteiger partial charge is 0.249 e. The Kier molecular flexibility index (Phi) is 4.94. The number of halogens is 1. The maximum Gasteiger partial charge on any atom is 0.249 e. The van der Waals surface area contributed by atoms with Crippen molar-refractivity contribution in [3.8, 4) is 23.3 Å². The van der Waals surface area contributed by atoms with Crippen LogP contribution in [0.5, 0.6) is 23.3 Å². The molecule has 0 aliphatic carbocycles. The number of rotatable bonds is 4. The minimum atomic E-state index is 0.197. The lowest BCUT2D eigenvalue weighted by atomic mass is 10.1. The molecular weight excluding hydrogens is 388 g/mol. The first kappa shape index (κ1) is 19.0. The number of para-hydroxylation sites is 1. The predicted molar refractivity (Wildman–Crippen MR) is 114 cm³/mol. The summed E-state index contributed by atoms with van der Waals surface area (Å²) in [5, 5.41) is 1.67. The normalized spacial score (nSPS) is 10.9. The fourth-order valence-corrected chi connectivity index (χ4v) is 3.12. The van der Waals surface area contributed by atoms with E-state index in [1.807, 2.05) is 63.2 Å². The van der Waals surface area contributed by atoms with Crippen molar-refractivity contribution in [2.75, 3.05) is 5.73 Å². The van der Waals surface area contributed by atoms with Crippen molar-refractivity contribution in [2.45, 2.75) is 20.8 Å². The van der Waals surface area contributed by atoms with Crippen LogP contribution in [0.15, 0.2) is 48.8 Å². The van der Waals surface area contributed by atoms with Crippen LogP contribution >= 0.6 is 11.6 Å². The van der Waals surface area contributed by atoms with E-state index in [1.54, 1.807) is 0 Å². The maximum atomic E-state index is 6.24. The van der Waals surface area contributed by atoms with Gasteiger partial charge in [-0.3, -0.25) is 0 Å². The first-order valence-electron chi connectivity index (χ1n) is 9.01. The number of aromatic nitrogens is 3. The Balaban J connectivity index is 1.68. The molecule has 29 heavy (non-hydrogen) atoms. The van der Waals surface area contributed by atoms with Crippen LogP contribution < -0.4 is 15.2 Å². The summed E-state index contributed by atoms with van der Waals surface area (Å²) in [6, 6.07) is 13.3. The van der Waals surface area contributed by atoms with Gasteiger partial charge in [0.05, 0.1) is 0 Å². The molecule has 4 aromatic rings. The fraction of sp³-hybridized carbons (Fsp3) is 0.136. The SMILES string of the molecule is Cc1ccc2cccc(Oc3ncnc(Oc4cc(C)c(Cl)c(C)c4)c3N)c2n1. The standard InChI is InChI=1S/C22H19ClN4O2/c1-12-9-16(10-13(2)18(12)23)28-21-19(24)22(26-11-25-21)29-17-6-4-5-15-8-7-14(3)27-20(15)17/h4-11H,24H2,1-3H3. The van der Waals surface area contributed by atoms with Gasteiger partial charge in [-0.2, -0.15) is 9.97 Å². The van der Waals surface area contributed by atoms with Crippen molar-refractivity contribution in [2.24, 2.45) is 0 Å². The van der Waals surface area contributed by atoms with Crippen molar-refractivity contribution in [1.29, 1.82) is 0 Å². The number of aryl methyl sites for hydroxylation is 3. The molecule has 0 atom stereocenters. The first-order valence-corrected chi connectivity index (χ1v) is 9.39. The van der Waals surface area contributed by atoms with Crippen molar-refractivity contribution in [1.82, 2.24) is 15.0 Å². The van der Waals surface area contributed by atoms with Crippen molar-refractivity contribution >= 4 is 28.2 Å². The largest absolute Gasteiger partial charge is 0.437 e. The quantitative estimate of drug-likeness (QED) is 0.463. The summed E-state index contributed by atoms with van der Waals surface area (Å²) in [6.45, 7) is 5.75. The summed E-state index contributed by atoms with van der Waals surface area (Å²) in [6.07, 6.45) is 1.35. The lowest BCUT2D eigenvalue weighted by Gasteiger charge is -2.13. The summed E-state index contributed by atoms with van der Waals surface area (Å²) in [4.78, 5) is 12.9. The molecule has 7 heteroatoms. The number of pyridine rings is 1. The number of fused-ring (bicyclic) bond motifs is 1. The third-order valence-electron chi connectivity index (χ3n) is 4.46. The second-order valence-corrected chi connectivity index (χ2v) is 7.13. The highest BCUT2D eigenvalue weighted by atomic mass is 35.5. The first-order chi connectivity index (χ1) is 13.9. The highest BCUT2D eigenvalue weighted by molar-refractivity contribution is 6.32. The lowest BCUT2D eigenvalue weighted by Crippen LogP contribution is -2.01. The lowest BCUT2D eigenvalue weighted by molar-refractivity contribution is 0.440. The van der Waals surface area contributed by atoms with Crippen LogP contribution in [0.3, 0.4) is 0 Å². The average molecular weight is 407 g/mol. The number of ether oxygens (including phenoxy) is 2. The molecule has 0 radical (unpaired) electrons. The molecule has 2 aromatic carbocycles. The minimum absolute atomic E-state index is 0.197. The second kappa shape index (κ2) is 7.56. The van der Waals surface area contributed by atoms with Crippen molar-refractivity contribution in [3.63, 3.8) is 0 Å². The molecule has 0 aliphatic rings. The van der Waals surface area contributed by atoms with E-state index in [0.717, 1.165) is 27.7 Å². The zero-order valence-corrected chi connectivity index (χ0v) is 17.0. The highest BCUT2D eigenvalue weighted by Crippen LogP contribution is 2.36. The summed E-state index contributed by atoms with van der Waals surface area (Å²) in [7, 11) is 0. The number of nitrogens with two attached hydrogens (primary N) is 1. The number of hydrogen-bond donors (Lipinski definition) is 1. The topological polar surface area (TPSA) is 83.2 Å². The van der Waals surface area contributed by atoms with E-state index in [0.29, 0.717) is 16.5 Å². The predicted octanol–water partition coefficient (Wildman–Crippen LogP) is 5.77. The van der Waals surface area contributed by atoms with Crippen LogP contribution in [-0.4, -0.2) is 15.0 Å². The van der Waals surface area contributed by atoms with E-state index in [1.165, 1.54) is 6.33 Å². The Morgan fingerprint density at radius 1 is 0.897 bits per heavy atom. The van der Waals surface area contributed by atoms with Crippen LogP contribution in [0.4, 0.5) is 5.69 Å². The highest BCUT2D eigenvalue weighted by Gasteiger charge is 2.15. The number of benzene rings is 2. The fourth-order valence-electron chi connectivity index (χ4n) is 3.01. The van der Waals surface area contributed by atoms with Gasteiger partial charge in [0.15, 0.2) is 11.4 Å². The molecule has 0 amide bonds. The number of nitrogen functional groups attached to an aromatic ring is 1. The van der Waals surface area contributed by atoms with Crippen molar-refractivity contribution in [3.05, 3.63) is 70.6 Å². The Hall–Kier alpha value is -3.38. The molecule has 0 bridgehead atoms. The Bertz CT molecular complexity index is 1200. The third kappa shape index (κ3) is 3.79. The Labute approximate surface area is 173 Å². The van der Waals surface area contributed by atoms with E-state index >= 15 is 0 Å². The molecule has 0 aliphatic heterocycles. The van der Waals surface area contributed by atoms with Gasteiger partial charge in [0.25, 0.3) is 0 Å². The van der Waals surface area contributed by atoms with E-state index in [4.69, 9.17) is 26.8 Å². The van der Waals surface area contributed by atoms with E-state index in [9.17, 15) is 0 Å². The van der Waals surface area contributed by atoms with Crippen LogP contribution in [0.1, 0.15) is 16.8 Å². The molecule has 4 rings (SSSR count). The maximum absolute atomic E-state index is 6.24. The summed E-state index contributed by atoms with van der Waals surface area (Å²) < 4.78 is 11.9. The summed E-state index contributed by atoms with van der Waals surface area (Å²) >= 11 is 6.23. The molecule has 0 spiro atoms. The molecule has 146 valence electrons.